The second kappa shape index (κ2) is 28.4. The van der Waals surface area contributed by atoms with Crippen molar-refractivity contribution in [2.24, 2.45) is 0 Å². The molecule has 81 heavy (non-hydrogen) atoms. The Kier molecular flexibility index (Phi) is 20.5. The molecule has 393 valence electrons. The molecular formula is C80H68V. The third kappa shape index (κ3) is 13.5. The van der Waals surface area contributed by atoms with Gasteiger partial charge in [-0.2, -0.15) is 0 Å². The van der Waals surface area contributed by atoms with Crippen LogP contribution in [0.3, 0.4) is 0 Å². The van der Waals surface area contributed by atoms with E-state index in [9.17, 15) is 0 Å². The molecule has 0 aliphatic rings. The summed E-state index contributed by atoms with van der Waals surface area (Å²) in [6.45, 7) is 18.3. The molecule has 12 aromatic rings. The molecule has 0 saturated carbocycles. The van der Waals surface area contributed by atoms with Gasteiger partial charge >= 0.3 is 18.6 Å². The van der Waals surface area contributed by atoms with Gasteiger partial charge in [-0.1, -0.05) is 452 Å². The number of hydrogen-bond donors (Lipinski definition) is 0. The molecule has 0 fully saturated rings. The Morgan fingerprint density at radius 3 is 0.247 bits per heavy atom. The Bertz CT molecular complexity index is 2740. The van der Waals surface area contributed by atoms with E-state index in [1.54, 1.807) is 0 Å². The van der Waals surface area contributed by atoms with E-state index in [4.69, 9.17) is 0 Å². The summed E-state index contributed by atoms with van der Waals surface area (Å²) in [7, 11) is 0. The van der Waals surface area contributed by atoms with Crippen LogP contribution in [0, 0.1) is 27.7 Å². The maximum Gasteiger partial charge on any atom is 4.00 e. The van der Waals surface area contributed by atoms with E-state index >= 15 is 0 Å². The normalized spacial score (nSPS) is 11.1. The Morgan fingerprint density at radius 1 is 0.123 bits per heavy atom. The van der Waals surface area contributed by atoms with Gasteiger partial charge in [-0.05, 0) is 0 Å². The molecule has 1 radical (unpaired) electrons. The van der Waals surface area contributed by atoms with Crippen LogP contribution < -0.4 is 0 Å². The molecule has 1 heteroatoms. The summed E-state index contributed by atoms with van der Waals surface area (Å²) in [6.07, 6.45) is 0. The second-order valence-corrected chi connectivity index (χ2v) is 20.0. The average Bonchev–Trinajstić information content (AvgIpc) is 3.63. The van der Waals surface area contributed by atoms with Gasteiger partial charge in [0.1, 0.15) is 0 Å². The molecule has 0 unspecified atom stereocenters. The molecule has 0 bridgehead atoms. The van der Waals surface area contributed by atoms with E-state index in [2.05, 4.69) is 319 Å². The predicted molar refractivity (Wildman–Crippen MR) is 338 cm³/mol. The van der Waals surface area contributed by atoms with Gasteiger partial charge in [-0.25, -0.2) is 0 Å². The average molecular weight is 1080 g/mol. The van der Waals surface area contributed by atoms with Crippen LogP contribution in [-0.4, -0.2) is 0 Å². The third-order valence-corrected chi connectivity index (χ3v) is 15.2. The Morgan fingerprint density at radius 2 is 0.185 bits per heavy atom. The first kappa shape index (κ1) is 58.4. The zero-order valence-electron chi connectivity index (χ0n) is 45.9. The first-order valence-electron chi connectivity index (χ1n) is 27.3. The van der Waals surface area contributed by atoms with Gasteiger partial charge in [-0.3, -0.25) is 0 Å². The maximum atomic E-state index is 4.58. The van der Waals surface area contributed by atoms with E-state index < -0.39 is 0 Å². The summed E-state index contributed by atoms with van der Waals surface area (Å²) < 4.78 is 0. The molecule has 0 aliphatic carbocycles. The van der Waals surface area contributed by atoms with Gasteiger partial charge < -0.3 is 27.7 Å². The van der Waals surface area contributed by atoms with E-state index in [1.165, 1.54) is 66.8 Å². The summed E-state index contributed by atoms with van der Waals surface area (Å²) in [5.41, 5.74) is 13.0. The van der Waals surface area contributed by atoms with Crippen LogP contribution in [0.5, 0.6) is 0 Å². The van der Waals surface area contributed by atoms with Crippen LogP contribution in [0.4, 0.5) is 0 Å². The van der Waals surface area contributed by atoms with E-state index in [0.29, 0.717) is 0 Å². The van der Waals surface area contributed by atoms with Crippen LogP contribution >= 0.6 is 0 Å². The van der Waals surface area contributed by atoms with Gasteiger partial charge in [0.15, 0.2) is 0 Å². The first-order valence-corrected chi connectivity index (χ1v) is 27.3. The Hall–Kier alpha value is -8.78. The molecule has 12 aromatic carbocycles. The third-order valence-electron chi connectivity index (χ3n) is 15.2. The Balaban J connectivity index is 0.000000141. The van der Waals surface area contributed by atoms with E-state index in [1.807, 2.05) is 72.8 Å². The molecule has 0 amide bonds. The van der Waals surface area contributed by atoms with Crippen molar-refractivity contribution < 1.29 is 18.6 Å². The van der Waals surface area contributed by atoms with Crippen LogP contribution in [0.2, 0.25) is 0 Å². The van der Waals surface area contributed by atoms with Crippen molar-refractivity contribution in [3.05, 3.63) is 458 Å². The van der Waals surface area contributed by atoms with Crippen molar-refractivity contribution in [3.63, 3.8) is 0 Å². The van der Waals surface area contributed by atoms with Crippen LogP contribution in [0.25, 0.3) is 0 Å². The van der Waals surface area contributed by atoms with Gasteiger partial charge in [0.05, 0.1) is 0 Å². The van der Waals surface area contributed by atoms with Crippen LogP contribution in [0.1, 0.15) is 66.8 Å². The minimum absolute atomic E-state index is 0. The van der Waals surface area contributed by atoms with Crippen molar-refractivity contribution in [1.29, 1.82) is 0 Å². The van der Waals surface area contributed by atoms with Crippen molar-refractivity contribution in [2.75, 3.05) is 0 Å². The van der Waals surface area contributed by atoms with Gasteiger partial charge in [-0.15, -0.1) is 0 Å². The van der Waals surface area contributed by atoms with Crippen molar-refractivity contribution in [3.8, 4) is 0 Å². The summed E-state index contributed by atoms with van der Waals surface area (Å²) in [4.78, 5) is 0. The van der Waals surface area contributed by atoms with E-state index in [-0.39, 0.29) is 40.2 Å². The zero-order chi connectivity index (χ0) is 55.4. The molecule has 0 aliphatic heterocycles. The Labute approximate surface area is 495 Å². The fourth-order valence-corrected chi connectivity index (χ4v) is 10.7. The second-order valence-electron chi connectivity index (χ2n) is 20.0. The van der Waals surface area contributed by atoms with Crippen molar-refractivity contribution in [2.45, 2.75) is 21.7 Å². The molecular weight excluding hydrogens is 1010 g/mol. The smallest absolute Gasteiger partial charge is 0.324 e. The molecule has 0 nitrogen and oxygen atoms in total. The zero-order valence-corrected chi connectivity index (χ0v) is 47.3. The summed E-state index contributed by atoms with van der Waals surface area (Å²) in [5, 5.41) is 0. The largest absolute Gasteiger partial charge is 4.00 e. The molecule has 0 atom stereocenters. The fourth-order valence-electron chi connectivity index (χ4n) is 10.7. The van der Waals surface area contributed by atoms with Crippen LogP contribution in [-0.2, 0) is 40.2 Å². The summed E-state index contributed by atoms with van der Waals surface area (Å²) in [6, 6.07) is 126. The maximum absolute atomic E-state index is 4.58. The summed E-state index contributed by atoms with van der Waals surface area (Å²) in [5.74, 6) is 0. The van der Waals surface area contributed by atoms with Crippen molar-refractivity contribution >= 4 is 0 Å². The standard InChI is InChI=1S/4C20H17.V/c4*1-20(17-11-5-2-6-12-17,18-13-7-3-8-14-18)19-15-9-4-10-16-19;/h4*2-16H,1H2;/q4*-1;+4. The van der Waals surface area contributed by atoms with Gasteiger partial charge in [0, 0.05) is 0 Å². The van der Waals surface area contributed by atoms with Gasteiger partial charge in [0.2, 0.25) is 0 Å². The SMILES string of the molecule is [CH2-]C(c1ccccc1)(c1ccccc1)c1ccccc1.[CH2-]C(c1ccccc1)(c1ccccc1)c1ccccc1.[CH2-]C(c1ccccc1)(c1ccccc1)c1ccccc1.[CH2-]C(c1ccccc1)(c1ccccc1)c1ccccc1.[V+4]. The molecule has 0 aromatic heterocycles. The minimum Gasteiger partial charge on any atom is -0.324 e. The first-order chi connectivity index (χ1) is 39.3. The minimum atomic E-state index is -0.371. The molecule has 12 rings (SSSR count). The van der Waals surface area contributed by atoms with Crippen molar-refractivity contribution in [1.82, 2.24) is 0 Å². The monoisotopic (exact) mass is 1080 g/mol. The van der Waals surface area contributed by atoms with Crippen LogP contribution in [0.15, 0.2) is 364 Å². The number of rotatable bonds is 12. The molecule has 0 saturated heterocycles. The number of hydrogen-bond acceptors (Lipinski definition) is 0. The fraction of sp³-hybridized carbons (Fsp3) is 0.0500. The number of benzene rings is 12. The van der Waals surface area contributed by atoms with E-state index in [0.717, 1.165) is 0 Å². The molecule has 0 heterocycles. The molecule has 0 spiro atoms. The summed E-state index contributed by atoms with van der Waals surface area (Å²) >= 11 is 0. The topological polar surface area (TPSA) is 0 Å². The quantitative estimate of drug-likeness (QED) is 0.0845. The predicted octanol–water partition coefficient (Wildman–Crippen LogP) is 19.4. The molecule has 0 N–H and O–H groups in total. The van der Waals surface area contributed by atoms with Gasteiger partial charge in [0.25, 0.3) is 0 Å².